The zero-order chi connectivity index (χ0) is 16.3. The van der Waals surface area contributed by atoms with Crippen molar-refractivity contribution in [1.82, 2.24) is 0 Å². The van der Waals surface area contributed by atoms with E-state index in [-0.39, 0.29) is 10.8 Å². The van der Waals surface area contributed by atoms with E-state index in [4.69, 9.17) is 0 Å². The fourth-order valence-electron chi connectivity index (χ4n) is 3.63. The van der Waals surface area contributed by atoms with Crippen LogP contribution < -0.4 is 0 Å². The molecule has 2 aliphatic carbocycles. The van der Waals surface area contributed by atoms with E-state index in [1.807, 2.05) is 0 Å². The molecule has 0 radical (unpaired) electrons. The predicted octanol–water partition coefficient (Wildman–Crippen LogP) is 6.37. The van der Waals surface area contributed by atoms with Crippen LogP contribution in [0.2, 0.25) is 0 Å². The molecular weight excluding hydrogens is 292 g/mol. The minimum atomic E-state index is 0.238. The number of hydrogen-bond acceptors (Lipinski definition) is 0. The summed E-state index contributed by atoms with van der Waals surface area (Å²) < 4.78 is 3.38. The zero-order valence-electron chi connectivity index (χ0n) is 15.4. The van der Waals surface area contributed by atoms with E-state index < -0.39 is 0 Å². The van der Waals surface area contributed by atoms with Crippen LogP contribution in [0.15, 0.2) is 42.3 Å². The van der Waals surface area contributed by atoms with Gasteiger partial charge in [0.15, 0.2) is 0 Å². The molecule has 0 unspecified atom stereocenters. The molecule has 2 aliphatic rings. The Labute approximate surface area is 137 Å². The predicted molar refractivity (Wildman–Crippen MR) is 89.7 cm³/mol. The van der Waals surface area contributed by atoms with Crippen LogP contribution in [0.5, 0.6) is 0 Å². The van der Waals surface area contributed by atoms with Crippen molar-refractivity contribution in [3.63, 3.8) is 0 Å². The van der Waals surface area contributed by atoms with Gasteiger partial charge in [0.25, 0.3) is 0 Å². The first-order chi connectivity index (χ1) is 9.44. The van der Waals surface area contributed by atoms with Crippen LogP contribution in [0.1, 0.15) is 69.2 Å². The summed E-state index contributed by atoms with van der Waals surface area (Å²) in [6.45, 7) is 23.5. The molecule has 0 aromatic rings. The van der Waals surface area contributed by atoms with Crippen LogP contribution in [0.4, 0.5) is 0 Å². The van der Waals surface area contributed by atoms with E-state index in [0.29, 0.717) is 15.2 Å². The molecule has 21 heavy (non-hydrogen) atoms. The van der Waals surface area contributed by atoms with Crippen molar-refractivity contribution in [1.29, 1.82) is 0 Å². The first-order valence-corrected chi connectivity index (χ1v) is 9.18. The first-order valence-electron chi connectivity index (χ1n) is 7.91. The number of allylic oxidation sites excluding steroid dienone is 8. The maximum absolute atomic E-state index is 2.41. The van der Waals surface area contributed by atoms with Crippen molar-refractivity contribution < 1.29 is 15.2 Å². The fraction of sp³-hybridized carbons (Fsp3) is 0.600. The first kappa shape index (κ1) is 16.9. The van der Waals surface area contributed by atoms with E-state index >= 15 is 0 Å². The average Bonchev–Trinajstić information content (AvgIpc) is 2.63. The summed E-state index contributed by atoms with van der Waals surface area (Å²) in [6.07, 6.45) is 0. The van der Waals surface area contributed by atoms with Crippen LogP contribution in [0.25, 0.3) is 0 Å². The summed E-state index contributed by atoms with van der Waals surface area (Å²) in [7, 11) is 0. The topological polar surface area (TPSA) is 0 Å². The van der Waals surface area contributed by atoms with Crippen molar-refractivity contribution in [2.24, 2.45) is 10.8 Å². The van der Waals surface area contributed by atoms with Crippen molar-refractivity contribution in [3.05, 3.63) is 42.3 Å². The van der Waals surface area contributed by atoms with Crippen LogP contribution in [0, 0.1) is 10.8 Å². The molecule has 116 valence electrons. The molecule has 0 fully saturated rings. The second-order valence-electron chi connectivity index (χ2n) is 7.76. The Bertz CT molecular complexity index is 575. The molecule has 0 aliphatic heterocycles. The zero-order valence-corrected chi connectivity index (χ0v) is 16.7. The average molecular weight is 322 g/mol. The molecular formula is C20H30Cr. The van der Waals surface area contributed by atoms with Gasteiger partial charge in [0.2, 0.25) is 0 Å². The molecule has 0 nitrogen and oxygen atoms in total. The van der Waals surface area contributed by atoms with Gasteiger partial charge >= 0.3 is 138 Å². The molecule has 0 aromatic carbocycles. The summed E-state index contributed by atoms with van der Waals surface area (Å²) >= 11 is 0.444. The van der Waals surface area contributed by atoms with E-state index in [1.165, 1.54) is 11.1 Å². The second-order valence-corrected chi connectivity index (χ2v) is 9.35. The standard InChI is InChI=1S/2C10H15.Cr/c2*1-7-6-10(4,5)9(3)8(7)2;/h2*1-5H3;. The van der Waals surface area contributed by atoms with Crippen molar-refractivity contribution in [2.45, 2.75) is 69.2 Å². The third-order valence-electron chi connectivity index (χ3n) is 6.15. The SMILES string of the molecule is CC1=C(C)C(C)(C)[C]([Cr][C]2=C(C)C(C)=C(C)C2(C)C)=C1C. The Hall–Kier alpha value is -0.508. The molecule has 0 amide bonds. The molecule has 1 heteroatoms. The quantitative estimate of drug-likeness (QED) is 0.554. The molecule has 0 saturated heterocycles. The molecule has 0 N–H and O–H groups in total. The van der Waals surface area contributed by atoms with Crippen molar-refractivity contribution >= 4 is 0 Å². The number of hydrogen-bond donors (Lipinski definition) is 0. The molecule has 2 rings (SSSR count). The van der Waals surface area contributed by atoms with E-state index in [0.717, 1.165) is 0 Å². The van der Waals surface area contributed by atoms with Gasteiger partial charge < -0.3 is 0 Å². The van der Waals surface area contributed by atoms with Gasteiger partial charge in [-0.1, -0.05) is 0 Å². The van der Waals surface area contributed by atoms with E-state index in [1.54, 1.807) is 31.2 Å². The summed E-state index contributed by atoms with van der Waals surface area (Å²) in [5, 5.41) is 0. The Balaban J connectivity index is 2.47. The normalized spacial score (nSPS) is 24.9. The molecule has 0 aromatic heterocycles. The molecule has 0 spiro atoms. The molecule has 0 saturated carbocycles. The minimum absolute atomic E-state index is 0.238. The van der Waals surface area contributed by atoms with Crippen molar-refractivity contribution in [3.8, 4) is 0 Å². The Morgan fingerprint density at radius 1 is 0.524 bits per heavy atom. The van der Waals surface area contributed by atoms with Crippen LogP contribution in [-0.4, -0.2) is 0 Å². The second kappa shape index (κ2) is 5.01. The van der Waals surface area contributed by atoms with Gasteiger partial charge in [-0.3, -0.25) is 0 Å². The van der Waals surface area contributed by atoms with Gasteiger partial charge in [-0.05, 0) is 0 Å². The Kier molecular flexibility index (Phi) is 4.02. The van der Waals surface area contributed by atoms with E-state index in [2.05, 4.69) is 69.2 Å². The molecule has 0 atom stereocenters. The van der Waals surface area contributed by atoms with Gasteiger partial charge in [0.1, 0.15) is 0 Å². The molecule has 0 bridgehead atoms. The van der Waals surface area contributed by atoms with Gasteiger partial charge in [-0.15, -0.1) is 0 Å². The van der Waals surface area contributed by atoms with Crippen LogP contribution >= 0.6 is 0 Å². The Morgan fingerprint density at radius 3 is 1.00 bits per heavy atom. The van der Waals surface area contributed by atoms with Crippen LogP contribution in [0.3, 0.4) is 0 Å². The van der Waals surface area contributed by atoms with Crippen molar-refractivity contribution in [2.75, 3.05) is 0 Å². The summed E-state index contributed by atoms with van der Waals surface area (Å²) in [5.41, 5.74) is 9.75. The third-order valence-corrected chi connectivity index (χ3v) is 9.33. The van der Waals surface area contributed by atoms with Crippen LogP contribution in [-0.2, 0) is 15.2 Å². The van der Waals surface area contributed by atoms with E-state index in [9.17, 15) is 0 Å². The number of rotatable bonds is 2. The Morgan fingerprint density at radius 2 is 0.810 bits per heavy atom. The van der Waals surface area contributed by atoms with Gasteiger partial charge in [-0.2, -0.15) is 0 Å². The monoisotopic (exact) mass is 322 g/mol. The molecule has 0 heterocycles. The fourth-order valence-corrected chi connectivity index (χ4v) is 6.18. The third kappa shape index (κ3) is 2.25. The van der Waals surface area contributed by atoms with Gasteiger partial charge in [-0.25, -0.2) is 0 Å². The summed E-state index contributed by atoms with van der Waals surface area (Å²) in [4.78, 5) is 0. The summed E-state index contributed by atoms with van der Waals surface area (Å²) in [6, 6.07) is 0. The van der Waals surface area contributed by atoms with Gasteiger partial charge in [0.05, 0.1) is 0 Å². The van der Waals surface area contributed by atoms with Gasteiger partial charge in [0, 0.05) is 0 Å². The summed E-state index contributed by atoms with van der Waals surface area (Å²) in [5.74, 6) is 0. The maximum atomic E-state index is 2.41.